The van der Waals surface area contributed by atoms with Crippen molar-refractivity contribution in [3.8, 4) is 0 Å². The number of amides is 1. The summed E-state index contributed by atoms with van der Waals surface area (Å²) in [5.41, 5.74) is 7.40. The molecule has 30 heavy (non-hydrogen) atoms. The fourth-order valence-corrected chi connectivity index (χ4v) is 3.96. The minimum atomic E-state index is -2.95. The van der Waals surface area contributed by atoms with E-state index >= 15 is 0 Å². The van der Waals surface area contributed by atoms with Gasteiger partial charge in [-0.05, 0) is 54.2 Å². The number of carbonyl (C=O) groups excluding carboxylic acids is 1. The molecule has 1 unspecified atom stereocenters. The Bertz CT molecular complexity index is 920. The Morgan fingerprint density at radius 3 is 2.60 bits per heavy atom. The van der Waals surface area contributed by atoms with Crippen LogP contribution in [0, 0.1) is 11.7 Å². The van der Waals surface area contributed by atoms with Crippen LogP contribution < -0.4 is 16.4 Å². The van der Waals surface area contributed by atoms with E-state index in [2.05, 4.69) is 15.6 Å². The Balaban J connectivity index is 1.60. The van der Waals surface area contributed by atoms with Gasteiger partial charge in [0.1, 0.15) is 5.82 Å². The number of rotatable bonds is 7. The molecule has 1 aliphatic carbocycles. The number of anilines is 1. The molecule has 1 aliphatic heterocycles. The second-order valence-electron chi connectivity index (χ2n) is 8.37. The first-order valence-corrected chi connectivity index (χ1v) is 10.2. The van der Waals surface area contributed by atoms with E-state index in [0.717, 1.165) is 12.0 Å². The molecule has 1 aromatic carbocycles. The van der Waals surface area contributed by atoms with Crippen LogP contribution in [0.15, 0.2) is 42.7 Å². The summed E-state index contributed by atoms with van der Waals surface area (Å²) in [6.45, 7) is -0.567. The van der Waals surface area contributed by atoms with Crippen molar-refractivity contribution in [1.29, 1.82) is 0 Å². The highest BCUT2D eigenvalue weighted by Crippen LogP contribution is 2.40. The molecule has 5 nitrogen and oxygen atoms in total. The van der Waals surface area contributed by atoms with E-state index in [4.69, 9.17) is 5.73 Å². The lowest BCUT2D eigenvalue weighted by Crippen LogP contribution is -2.39. The largest absolute Gasteiger partial charge is 0.322 e. The zero-order valence-corrected chi connectivity index (χ0v) is 16.5. The summed E-state index contributed by atoms with van der Waals surface area (Å²) in [7, 11) is 0. The number of carbonyl (C=O) groups is 1. The molecule has 0 bridgehead atoms. The van der Waals surface area contributed by atoms with E-state index < -0.39 is 42.2 Å². The van der Waals surface area contributed by atoms with E-state index in [0.29, 0.717) is 17.9 Å². The maximum Gasteiger partial charge on any atom is 0.262 e. The zero-order valence-electron chi connectivity index (χ0n) is 16.5. The normalized spacial score (nSPS) is 22.5. The number of hydrogen-bond donors (Lipinski definition) is 3. The maximum absolute atomic E-state index is 14.4. The molecule has 0 radical (unpaired) electrons. The number of nitrogens with one attached hydrogen (secondary N) is 2. The predicted octanol–water partition coefficient (Wildman–Crippen LogP) is 3.55. The first kappa shape index (κ1) is 20.8. The van der Waals surface area contributed by atoms with Gasteiger partial charge in [-0.25, -0.2) is 13.2 Å². The molecule has 1 saturated carbocycles. The van der Waals surface area contributed by atoms with E-state index in [1.807, 2.05) is 12.1 Å². The minimum absolute atomic E-state index is 0.0650. The lowest BCUT2D eigenvalue weighted by Gasteiger charge is -2.31. The summed E-state index contributed by atoms with van der Waals surface area (Å²) < 4.78 is 41.2. The molecule has 2 heterocycles. The standard InChI is InChI=1S/C22H25F3N4O/c23-17-4-3-16(11-18(17)29-20(30)19-12-21(24,25)13-28-19)22(26,8-5-14-1-2-14)15-6-9-27-10-7-15/h3-4,6-7,9-11,14,19,28H,1-2,5,8,12-13,26H2,(H,29,30)/t19-,22?/m1/s1. The molecule has 160 valence electrons. The third kappa shape index (κ3) is 4.49. The van der Waals surface area contributed by atoms with Crippen molar-refractivity contribution in [3.05, 3.63) is 59.7 Å². The lowest BCUT2D eigenvalue weighted by atomic mass is 9.79. The van der Waals surface area contributed by atoms with Crippen LogP contribution in [0.5, 0.6) is 0 Å². The van der Waals surface area contributed by atoms with Gasteiger partial charge in [-0.3, -0.25) is 15.1 Å². The highest BCUT2D eigenvalue weighted by atomic mass is 19.3. The SMILES string of the molecule is NC(CCC1CC1)(c1ccncc1)c1ccc(F)c(NC(=O)[C@H]2CC(F)(F)CN2)c1. The van der Waals surface area contributed by atoms with Gasteiger partial charge in [0.25, 0.3) is 5.92 Å². The minimum Gasteiger partial charge on any atom is -0.322 e. The second kappa shape index (κ2) is 8.00. The number of aromatic nitrogens is 1. The van der Waals surface area contributed by atoms with Gasteiger partial charge >= 0.3 is 0 Å². The molecule has 1 saturated heterocycles. The highest BCUT2D eigenvalue weighted by molar-refractivity contribution is 5.95. The van der Waals surface area contributed by atoms with Crippen molar-refractivity contribution in [2.75, 3.05) is 11.9 Å². The molecule has 2 aliphatic rings. The number of nitrogens with zero attached hydrogens (tertiary/aromatic N) is 1. The molecule has 2 atom stereocenters. The fourth-order valence-electron chi connectivity index (χ4n) is 3.96. The van der Waals surface area contributed by atoms with Crippen LogP contribution in [-0.4, -0.2) is 29.4 Å². The van der Waals surface area contributed by atoms with E-state index in [-0.39, 0.29) is 5.69 Å². The molecule has 4 N–H and O–H groups in total. The Morgan fingerprint density at radius 2 is 1.97 bits per heavy atom. The van der Waals surface area contributed by atoms with Crippen LogP contribution in [0.25, 0.3) is 0 Å². The van der Waals surface area contributed by atoms with Gasteiger partial charge in [-0.15, -0.1) is 0 Å². The van der Waals surface area contributed by atoms with Crippen LogP contribution in [0.3, 0.4) is 0 Å². The summed E-state index contributed by atoms with van der Waals surface area (Å²) in [5, 5.41) is 4.93. The van der Waals surface area contributed by atoms with Crippen molar-refractivity contribution < 1.29 is 18.0 Å². The molecule has 2 fully saturated rings. The van der Waals surface area contributed by atoms with Crippen LogP contribution in [0.1, 0.15) is 43.2 Å². The Morgan fingerprint density at radius 1 is 1.23 bits per heavy atom. The highest BCUT2D eigenvalue weighted by Gasteiger charge is 2.42. The van der Waals surface area contributed by atoms with Gasteiger partial charge < -0.3 is 11.1 Å². The Labute approximate surface area is 173 Å². The number of benzene rings is 1. The van der Waals surface area contributed by atoms with E-state index in [1.54, 1.807) is 18.5 Å². The monoisotopic (exact) mass is 418 g/mol. The second-order valence-corrected chi connectivity index (χ2v) is 8.37. The molecular weight excluding hydrogens is 393 g/mol. The van der Waals surface area contributed by atoms with Crippen molar-refractivity contribution in [2.45, 2.75) is 49.6 Å². The first-order chi connectivity index (χ1) is 14.3. The van der Waals surface area contributed by atoms with E-state index in [9.17, 15) is 18.0 Å². The Kier molecular flexibility index (Phi) is 5.55. The zero-order chi connectivity index (χ0) is 21.4. The van der Waals surface area contributed by atoms with Gasteiger partial charge in [-0.1, -0.05) is 18.9 Å². The van der Waals surface area contributed by atoms with Gasteiger partial charge in [0.05, 0.1) is 23.8 Å². The predicted molar refractivity (Wildman–Crippen MR) is 108 cm³/mol. The van der Waals surface area contributed by atoms with Crippen LogP contribution in [-0.2, 0) is 10.3 Å². The fraction of sp³-hybridized carbons (Fsp3) is 0.455. The number of pyridine rings is 1. The summed E-state index contributed by atoms with van der Waals surface area (Å²) in [6, 6.07) is 6.97. The average Bonchev–Trinajstić information content (AvgIpc) is 3.49. The average molecular weight is 418 g/mol. The molecule has 2 aromatic rings. The maximum atomic E-state index is 14.4. The molecular formula is C22H25F3N4O. The number of alkyl halides is 2. The van der Waals surface area contributed by atoms with Crippen molar-refractivity contribution in [1.82, 2.24) is 10.3 Å². The molecule has 0 spiro atoms. The van der Waals surface area contributed by atoms with Gasteiger partial charge in [0, 0.05) is 18.8 Å². The topological polar surface area (TPSA) is 80.0 Å². The number of hydrogen-bond acceptors (Lipinski definition) is 4. The summed E-state index contributed by atoms with van der Waals surface area (Å²) in [4.78, 5) is 16.4. The molecule has 1 amide bonds. The smallest absolute Gasteiger partial charge is 0.262 e. The molecule has 1 aromatic heterocycles. The number of nitrogens with two attached hydrogens (primary N) is 1. The van der Waals surface area contributed by atoms with Crippen molar-refractivity contribution in [3.63, 3.8) is 0 Å². The van der Waals surface area contributed by atoms with Crippen molar-refractivity contribution in [2.24, 2.45) is 11.7 Å². The van der Waals surface area contributed by atoms with Crippen molar-refractivity contribution >= 4 is 11.6 Å². The number of halogens is 3. The molecule has 8 heteroatoms. The third-order valence-electron chi connectivity index (χ3n) is 6.01. The quantitative estimate of drug-likeness (QED) is 0.643. The van der Waals surface area contributed by atoms with E-state index in [1.165, 1.54) is 25.0 Å². The molecule has 4 rings (SSSR count). The van der Waals surface area contributed by atoms with Gasteiger partial charge in [0.15, 0.2) is 0 Å². The van der Waals surface area contributed by atoms with Gasteiger partial charge in [-0.2, -0.15) is 0 Å². The van der Waals surface area contributed by atoms with Crippen LogP contribution in [0.4, 0.5) is 18.9 Å². The van der Waals surface area contributed by atoms with Crippen LogP contribution >= 0.6 is 0 Å². The van der Waals surface area contributed by atoms with Crippen LogP contribution in [0.2, 0.25) is 0 Å². The Hall–Kier alpha value is -2.45. The summed E-state index contributed by atoms with van der Waals surface area (Å²) >= 11 is 0. The van der Waals surface area contributed by atoms with Gasteiger partial charge in [0.2, 0.25) is 5.91 Å². The summed E-state index contributed by atoms with van der Waals surface area (Å²) in [6.07, 6.45) is 6.69. The third-order valence-corrected chi connectivity index (χ3v) is 6.01. The lowest BCUT2D eigenvalue weighted by molar-refractivity contribution is -0.118. The summed E-state index contributed by atoms with van der Waals surface area (Å²) in [5.74, 6) is -3.62. The first-order valence-electron chi connectivity index (χ1n) is 10.2.